The quantitative estimate of drug-likeness (QED) is 0.0995. The van der Waals surface area contributed by atoms with Crippen molar-refractivity contribution in [2.75, 3.05) is 24.6 Å². The van der Waals surface area contributed by atoms with Crippen LogP contribution in [0.2, 0.25) is 5.02 Å². The summed E-state index contributed by atoms with van der Waals surface area (Å²) < 4.78 is 15.1. The number of aryl methyl sites for hydroxylation is 1. The molecule has 0 bridgehead atoms. The Labute approximate surface area is 250 Å². The third-order valence-electron chi connectivity index (χ3n) is 7.22. The molecular weight excluding hydrogens is 559 g/mol. The van der Waals surface area contributed by atoms with Crippen LogP contribution in [0.15, 0.2) is 59.2 Å². The molecule has 4 rings (SSSR count). The van der Waals surface area contributed by atoms with E-state index in [4.69, 9.17) is 28.8 Å². The van der Waals surface area contributed by atoms with Gasteiger partial charge in [-0.1, -0.05) is 23.7 Å². The van der Waals surface area contributed by atoms with Crippen LogP contribution in [0.3, 0.4) is 0 Å². The molecule has 2 aromatic carbocycles. The number of hydrogen-bond acceptors (Lipinski definition) is 6. The molecule has 226 valence electrons. The van der Waals surface area contributed by atoms with E-state index in [9.17, 15) is 9.90 Å². The molecule has 2 heterocycles. The summed E-state index contributed by atoms with van der Waals surface area (Å²) in [6.07, 6.45) is 6.85. The summed E-state index contributed by atoms with van der Waals surface area (Å²) in [6.45, 7) is 3.18. The zero-order valence-electron chi connectivity index (χ0n) is 23.7. The molecule has 12 heteroatoms. The van der Waals surface area contributed by atoms with Crippen molar-refractivity contribution in [1.29, 1.82) is 0 Å². The summed E-state index contributed by atoms with van der Waals surface area (Å²) in [6, 6.07) is 10.8. The summed E-state index contributed by atoms with van der Waals surface area (Å²) in [4.78, 5) is 18.5. The third kappa shape index (κ3) is 8.01. The molecule has 0 spiro atoms. The van der Waals surface area contributed by atoms with E-state index in [1.165, 1.54) is 4.90 Å². The molecule has 0 fully saturated rings. The van der Waals surface area contributed by atoms with Crippen LogP contribution in [0.1, 0.15) is 55.3 Å². The monoisotopic (exact) mass is 598 g/mol. The molecule has 10 N–H and O–H groups in total. The molecule has 2 amide bonds. The van der Waals surface area contributed by atoms with E-state index in [1.807, 2.05) is 37.3 Å². The lowest BCUT2D eigenvalue weighted by Crippen LogP contribution is -2.51. The number of urea groups is 1. The molecule has 0 aromatic heterocycles. The number of anilines is 1. The van der Waals surface area contributed by atoms with Crippen LogP contribution in [-0.4, -0.2) is 49.0 Å². The average Bonchev–Trinajstić information content (AvgIpc) is 3.36. The Bertz CT molecular complexity index is 1340. The fourth-order valence-electron chi connectivity index (χ4n) is 5.07. The van der Waals surface area contributed by atoms with Gasteiger partial charge >= 0.3 is 6.03 Å². The van der Waals surface area contributed by atoms with Gasteiger partial charge in [-0.05, 0) is 87.0 Å². The number of rotatable bonds is 14. The summed E-state index contributed by atoms with van der Waals surface area (Å²) in [5.41, 5.74) is 20.9. The van der Waals surface area contributed by atoms with E-state index in [0.717, 1.165) is 42.4 Å². The van der Waals surface area contributed by atoms with Crippen molar-refractivity contribution in [3.8, 4) is 0 Å². The minimum atomic E-state index is -0.508. The van der Waals surface area contributed by atoms with Crippen molar-refractivity contribution >= 4 is 35.0 Å². The molecule has 0 saturated carbocycles. The maximum Gasteiger partial charge on any atom is 0.327 e. The van der Waals surface area contributed by atoms with Gasteiger partial charge in [0.1, 0.15) is 6.17 Å². The number of fused-ring (bicyclic) bond motifs is 1. The highest BCUT2D eigenvalue weighted by Gasteiger charge is 2.32. The van der Waals surface area contributed by atoms with Crippen LogP contribution in [0.4, 0.5) is 14.9 Å². The van der Waals surface area contributed by atoms with Crippen molar-refractivity contribution in [2.45, 2.75) is 57.3 Å². The van der Waals surface area contributed by atoms with Gasteiger partial charge in [-0.2, -0.15) is 0 Å². The smallest absolute Gasteiger partial charge is 0.327 e. The topological polar surface area (TPSA) is 167 Å². The molecule has 0 radical (unpaired) electrons. The van der Waals surface area contributed by atoms with Crippen molar-refractivity contribution in [3.05, 3.63) is 81.8 Å². The molecule has 2 aliphatic rings. The molecule has 0 aliphatic carbocycles. The number of nitrogens with two attached hydrogens (primary N) is 3. The molecule has 2 aromatic rings. The lowest BCUT2D eigenvalue weighted by molar-refractivity contribution is 0.244. The first-order valence-corrected chi connectivity index (χ1v) is 14.6. The summed E-state index contributed by atoms with van der Waals surface area (Å²) in [7, 11) is 0. The Balaban J connectivity index is 1.48. The molecule has 0 saturated heterocycles. The van der Waals surface area contributed by atoms with Gasteiger partial charge in [0.15, 0.2) is 11.8 Å². The Morgan fingerprint density at radius 3 is 2.64 bits per heavy atom. The number of carbonyl (C=O) groups is 1. The first kappa shape index (κ1) is 31.3. The van der Waals surface area contributed by atoms with Gasteiger partial charge in [0.05, 0.1) is 10.7 Å². The van der Waals surface area contributed by atoms with Gasteiger partial charge in [0, 0.05) is 48.3 Å². The molecule has 3 atom stereocenters. The van der Waals surface area contributed by atoms with Crippen LogP contribution in [-0.2, 0) is 6.42 Å². The second-order valence-electron chi connectivity index (χ2n) is 10.7. The van der Waals surface area contributed by atoms with E-state index < -0.39 is 12.0 Å². The Morgan fingerprint density at radius 1 is 1.19 bits per heavy atom. The third-order valence-corrected chi connectivity index (χ3v) is 7.50. The fourth-order valence-corrected chi connectivity index (χ4v) is 5.31. The Hall–Kier alpha value is -3.64. The van der Waals surface area contributed by atoms with E-state index in [1.54, 1.807) is 18.3 Å². The van der Waals surface area contributed by atoms with E-state index in [0.29, 0.717) is 36.5 Å². The number of aliphatic imine (C=N–C) groups is 1. The number of amides is 2. The number of nitrogens with one attached hydrogen (secondary N) is 3. The lowest BCUT2D eigenvalue weighted by atomic mass is 10.0. The van der Waals surface area contributed by atoms with Crippen LogP contribution < -0.4 is 38.1 Å². The summed E-state index contributed by atoms with van der Waals surface area (Å²) in [5, 5.41) is 19.2. The first-order valence-electron chi connectivity index (χ1n) is 14.2. The molecule has 10 nitrogen and oxygen atoms in total. The van der Waals surface area contributed by atoms with Crippen molar-refractivity contribution in [1.82, 2.24) is 16.0 Å². The van der Waals surface area contributed by atoms with Crippen LogP contribution in [0.25, 0.3) is 5.70 Å². The highest BCUT2D eigenvalue weighted by Crippen LogP contribution is 2.32. The SMILES string of the molecule is C[C@H](N)CCCc1cc(Cl)c(F)c(C2=CC3=CN(c4ccc([C@@H](CCO)NCCCN=C(N)N)cc4)C(=O)NC3N2)c1. The highest BCUT2D eigenvalue weighted by atomic mass is 35.5. The van der Waals surface area contributed by atoms with Crippen molar-refractivity contribution < 1.29 is 14.3 Å². The van der Waals surface area contributed by atoms with Crippen LogP contribution in [0, 0.1) is 5.82 Å². The predicted molar refractivity (Wildman–Crippen MR) is 166 cm³/mol. The molecule has 1 unspecified atom stereocenters. The average molecular weight is 599 g/mol. The van der Waals surface area contributed by atoms with Gasteiger partial charge < -0.3 is 38.3 Å². The van der Waals surface area contributed by atoms with E-state index in [-0.39, 0.29) is 35.7 Å². The lowest BCUT2D eigenvalue weighted by Gasteiger charge is -2.29. The Morgan fingerprint density at radius 2 is 1.95 bits per heavy atom. The van der Waals surface area contributed by atoms with Gasteiger partial charge in [-0.3, -0.25) is 9.89 Å². The van der Waals surface area contributed by atoms with Crippen LogP contribution in [0.5, 0.6) is 0 Å². The van der Waals surface area contributed by atoms with Crippen molar-refractivity contribution in [2.24, 2.45) is 22.2 Å². The van der Waals surface area contributed by atoms with E-state index in [2.05, 4.69) is 20.9 Å². The minimum absolute atomic E-state index is 0.0264. The van der Waals surface area contributed by atoms with Crippen LogP contribution >= 0.6 is 11.6 Å². The number of guanidine groups is 1. The van der Waals surface area contributed by atoms with Gasteiger partial charge in [0.25, 0.3) is 0 Å². The largest absolute Gasteiger partial charge is 0.396 e. The second-order valence-corrected chi connectivity index (χ2v) is 11.1. The van der Waals surface area contributed by atoms with Gasteiger partial charge in [0.2, 0.25) is 0 Å². The summed E-state index contributed by atoms with van der Waals surface area (Å²) in [5.74, 6) is -0.443. The number of nitrogens with zero attached hydrogens (tertiary/aromatic N) is 2. The number of aliphatic hydroxyl groups is 1. The normalized spacial score (nSPS) is 17.5. The first-order chi connectivity index (χ1) is 20.2. The zero-order chi connectivity index (χ0) is 30.2. The highest BCUT2D eigenvalue weighted by molar-refractivity contribution is 6.31. The fraction of sp³-hybridized carbons (Fsp3) is 0.400. The number of halogens is 2. The predicted octanol–water partition coefficient (Wildman–Crippen LogP) is 3.21. The molecular formula is C30H40ClFN8O2. The number of aliphatic hydroxyl groups excluding tert-OH is 1. The number of benzene rings is 2. The maximum absolute atomic E-state index is 15.1. The second kappa shape index (κ2) is 14.5. The molecule has 2 aliphatic heterocycles. The molecule has 42 heavy (non-hydrogen) atoms. The minimum Gasteiger partial charge on any atom is -0.396 e. The van der Waals surface area contributed by atoms with Gasteiger partial charge in [-0.15, -0.1) is 0 Å². The van der Waals surface area contributed by atoms with Gasteiger partial charge in [-0.25, -0.2) is 9.18 Å². The summed E-state index contributed by atoms with van der Waals surface area (Å²) >= 11 is 6.25. The number of hydrogen-bond donors (Lipinski definition) is 7. The van der Waals surface area contributed by atoms with Crippen molar-refractivity contribution in [3.63, 3.8) is 0 Å². The zero-order valence-corrected chi connectivity index (χ0v) is 24.5. The number of carbonyl (C=O) groups excluding carboxylic acids is 1. The maximum atomic E-state index is 15.1. The Kier molecular flexibility index (Phi) is 10.8. The van der Waals surface area contributed by atoms with E-state index >= 15 is 4.39 Å². The standard InChI is InChI=1S/C30H40ClFN8O2/c1-18(33)4-2-5-19-14-23(27(32)24(31)15-19)26-16-21-17-40(30(42)39-28(21)38-26)22-8-6-20(7-9-22)25(10-13-41)36-11-3-12-37-29(34)35/h6-9,14-18,25,28,36,38,41H,2-5,10-13,33H2,1H3,(H,39,42)(H4,34,35,37)/t18-,25+,28?/m0/s1.